The molecule has 5 aromatic rings. The number of anilines is 2. The van der Waals surface area contributed by atoms with Crippen LogP contribution in [0.4, 0.5) is 55.3 Å². The predicted octanol–water partition coefficient (Wildman–Crippen LogP) is 10.4. The fourth-order valence-corrected chi connectivity index (χ4v) is 7.03. The Kier molecular flexibility index (Phi) is 19.9. The van der Waals surface area contributed by atoms with Crippen LogP contribution in [-0.4, -0.2) is 97.6 Å². The number of methoxy groups -OCH3 is 2. The number of aliphatic hydroxyl groups excluding tert-OH is 2. The quantitative estimate of drug-likeness (QED) is 0.0107. The molecular weight excluding hydrogens is 1050 g/mol. The second-order valence-corrected chi connectivity index (χ2v) is 16.8. The summed E-state index contributed by atoms with van der Waals surface area (Å²) < 4.78 is 159. The smallest absolute Gasteiger partial charge is 0.453 e. The molecule has 0 saturated carbocycles. The lowest BCUT2D eigenvalue weighted by atomic mass is 9.83. The van der Waals surface area contributed by atoms with E-state index < -0.39 is 105 Å². The van der Waals surface area contributed by atoms with Gasteiger partial charge in [-0.05, 0) is 121 Å². The third-order valence-corrected chi connectivity index (χ3v) is 11.1. The molecule has 0 aliphatic heterocycles. The van der Waals surface area contributed by atoms with Gasteiger partial charge in [0, 0.05) is 24.2 Å². The molecule has 14 nitrogen and oxygen atoms in total. The molecule has 0 saturated heterocycles. The first-order valence-corrected chi connectivity index (χ1v) is 22.7. The molecule has 0 heterocycles. The normalized spacial score (nSPS) is 13.4. The molecule has 0 spiro atoms. The van der Waals surface area contributed by atoms with Crippen molar-refractivity contribution in [3.05, 3.63) is 143 Å². The number of nitrogen functional groups attached to an aromatic ring is 2. The summed E-state index contributed by atoms with van der Waals surface area (Å²) in [6.45, 7) is -1.02. The molecule has 2 atom stereocenters. The first kappa shape index (κ1) is 59.8. The maximum absolute atomic E-state index is 13.5. The zero-order valence-corrected chi connectivity index (χ0v) is 40.5. The van der Waals surface area contributed by atoms with E-state index in [4.69, 9.17) is 39.9 Å². The Bertz CT molecular complexity index is 2740. The Morgan fingerprint density at radius 2 is 0.883 bits per heavy atom. The van der Waals surface area contributed by atoms with Gasteiger partial charge in [0.1, 0.15) is 23.7 Å². The van der Waals surface area contributed by atoms with Crippen LogP contribution in [0.1, 0.15) is 69.0 Å². The minimum Gasteiger partial charge on any atom is -0.493 e. The molecule has 0 bridgehead atoms. The van der Waals surface area contributed by atoms with Crippen LogP contribution in [-0.2, 0) is 9.59 Å². The van der Waals surface area contributed by atoms with Gasteiger partial charge in [0.15, 0.2) is 34.6 Å². The Morgan fingerprint density at radius 1 is 0.519 bits per heavy atom. The van der Waals surface area contributed by atoms with Crippen molar-refractivity contribution in [2.75, 3.05) is 38.9 Å². The Balaban J connectivity index is 1.18. The first-order valence-electron chi connectivity index (χ1n) is 22.7. The lowest BCUT2D eigenvalue weighted by Gasteiger charge is -2.26. The number of hydrogen-bond acceptors (Lipinski definition) is 14. The second-order valence-electron chi connectivity index (χ2n) is 16.8. The largest absolute Gasteiger partial charge is 0.493 e. The van der Waals surface area contributed by atoms with Crippen LogP contribution in [0.15, 0.2) is 115 Å². The highest BCUT2D eigenvalue weighted by Gasteiger charge is 2.57. The van der Waals surface area contributed by atoms with Crippen molar-refractivity contribution in [3.8, 4) is 34.5 Å². The molecule has 77 heavy (non-hydrogen) atoms. The number of aliphatic hydroxyl groups is 2. The molecule has 0 radical (unpaired) electrons. The van der Waals surface area contributed by atoms with Gasteiger partial charge in [-0.2, -0.15) is 43.9 Å². The summed E-state index contributed by atoms with van der Waals surface area (Å²) in [7, 11) is 2.42. The number of alkyl halides is 10. The van der Waals surface area contributed by atoms with E-state index in [1.54, 1.807) is 0 Å². The monoisotopic (exact) mass is 1090 g/mol. The third kappa shape index (κ3) is 16.4. The minimum atomic E-state index is -5.70. The molecule has 24 heteroatoms. The van der Waals surface area contributed by atoms with Crippen molar-refractivity contribution in [3.63, 3.8) is 0 Å². The number of nitrogens with two attached hydrogens (primary N) is 2. The SMILES string of the molecule is COc1cc(C(=O)Oc2ccc(/C=C/C(=O)C(O)C(c3cc(N)cc(N)c3)C(O)C(=O)/C=C/c3ccc(OC(=O)c4ccc(OCCCC(F)(F)C(F)(F)F)c(OC)c4)cc3)cc2)ccc1OCCCC(F)(F)C(F)(F)F. The van der Waals surface area contributed by atoms with Crippen molar-refractivity contribution in [2.24, 2.45) is 0 Å². The van der Waals surface area contributed by atoms with Crippen LogP contribution < -0.4 is 39.9 Å². The van der Waals surface area contributed by atoms with E-state index in [1.165, 1.54) is 129 Å². The summed E-state index contributed by atoms with van der Waals surface area (Å²) in [6, 6.07) is 22.6. The number of hydrogen-bond donors (Lipinski definition) is 4. The highest BCUT2D eigenvalue weighted by Crippen LogP contribution is 2.41. The summed E-state index contributed by atoms with van der Waals surface area (Å²) in [6.07, 6.45) is -15.2. The average Bonchev–Trinajstić information content (AvgIpc) is 3.37. The van der Waals surface area contributed by atoms with Gasteiger partial charge < -0.3 is 50.1 Å². The molecule has 5 aromatic carbocycles. The fraction of sp³-hybridized carbons (Fsp3) is 0.283. The fourth-order valence-electron chi connectivity index (χ4n) is 7.03. The molecule has 412 valence electrons. The molecule has 5 rings (SSSR count). The molecular formula is C53H48F10N2O12. The molecule has 0 fully saturated rings. The number of rotatable bonds is 25. The van der Waals surface area contributed by atoms with Gasteiger partial charge in [0.25, 0.3) is 0 Å². The van der Waals surface area contributed by atoms with Crippen LogP contribution in [0.25, 0.3) is 12.2 Å². The number of ether oxygens (including phenoxy) is 6. The van der Waals surface area contributed by atoms with Gasteiger partial charge in [-0.1, -0.05) is 36.4 Å². The van der Waals surface area contributed by atoms with Gasteiger partial charge >= 0.3 is 36.1 Å². The zero-order valence-electron chi connectivity index (χ0n) is 40.5. The number of ketones is 2. The van der Waals surface area contributed by atoms with E-state index in [2.05, 4.69) is 0 Å². The summed E-state index contributed by atoms with van der Waals surface area (Å²) in [4.78, 5) is 52.8. The van der Waals surface area contributed by atoms with Crippen LogP contribution >= 0.6 is 0 Å². The number of benzene rings is 5. The van der Waals surface area contributed by atoms with Crippen molar-refractivity contribution in [1.82, 2.24) is 0 Å². The highest BCUT2D eigenvalue weighted by atomic mass is 19.4. The molecule has 0 aliphatic carbocycles. The van der Waals surface area contributed by atoms with Crippen LogP contribution in [0, 0.1) is 0 Å². The van der Waals surface area contributed by atoms with Gasteiger partial charge in [-0.15, -0.1) is 0 Å². The Morgan fingerprint density at radius 3 is 1.22 bits per heavy atom. The van der Waals surface area contributed by atoms with E-state index in [1.807, 2.05) is 0 Å². The molecule has 6 N–H and O–H groups in total. The Labute approximate surface area is 432 Å². The number of esters is 2. The summed E-state index contributed by atoms with van der Waals surface area (Å²) in [5.74, 6) is -15.1. The lowest BCUT2D eigenvalue weighted by Crippen LogP contribution is -2.38. The van der Waals surface area contributed by atoms with E-state index in [-0.39, 0.29) is 62.6 Å². The summed E-state index contributed by atoms with van der Waals surface area (Å²) in [5, 5.41) is 22.7. The molecule has 0 amide bonds. The van der Waals surface area contributed by atoms with Gasteiger partial charge in [0.2, 0.25) is 0 Å². The van der Waals surface area contributed by atoms with Crippen molar-refractivity contribution in [1.29, 1.82) is 0 Å². The topological polar surface area (TPSA) is 216 Å². The van der Waals surface area contributed by atoms with Gasteiger partial charge in [0.05, 0.1) is 44.5 Å². The number of halogens is 10. The van der Waals surface area contributed by atoms with E-state index in [9.17, 15) is 73.3 Å². The first-order chi connectivity index (χ1) is 36.1. The van der Waals surface area contributed by atoms with Crippen molar-refractivity contribution in [2.45, 2.75) is 68.0 Å². The van der Waals surface area contributed by atoms with Crippen molar-refractivity contribution < 1.29 is 102 Å². The minimum absolute atomic E-state index is 0.0314. The van der Waals surface area contributed by atoms with E-state index in [0.29, 0.717) is 11.1 Å². The van der Waals surface area contributed by atoms with Gasteiger partial charge in [-0.25, -0.2) is 9.59 Å². The predicted molar refractivity (Wildman–Crippen MR) is 258 cm³/mol. The molecule has 0 aliphatic rings. The summed E-state index contributed by atoms with van der Waals surface area (Å²) in [5.41, 5.74) is 12.8. The zero-order chi connectivity index (χ0) is 56.9. The van der Waals surface area contributed by atoms with E-state index in [0.717, 1.165) is 12.2 Å². The highest BCUT2D eigenvalue weighted by molar-refractivity contribution is 6.01. The second kappa shape index (κ2) is 25.6. The summed E-state index contributed by atoms with van der Waals surface area (Å²) >= 11 is 0. The molecule has 2 unspecified atom stereocenters. The third-order valence-electron chi connectivity index (χ3n) is 11.1. The average molecular weight is 1090 g/mol. The van der Waals surface area contributed by atoms with Crippen LogP contribution in [0.5, 0.6) is 34.5 Å². The van der Waals surface area contributed by atoms with Gasteiger partial charge in [-0.3, -0.25) is 9.59 Å². The maximum atomic E-state index is 13.5. The van der Waals surface area contributed by atoms with Crippen LogP contribution in [0.2, 0.25) is 0 Å². The number of carbonyl (C=O) groups is 4. The Hall–Kier alpha value is -8.12. The maximum Gasteiger partial charge on any atom is 0.453 e. The molecule has 0 aromatic heterocycles. The lowest BCUT2D eigenvalue weighted by molar-refractivity contribution is -0.284. The van der Waals surface area contributed by atoms with Crippen molar-refractivity contribution >= 4 is 47.0 Å². The van der Waals surface area contributed by atoms with Crippen LogP contribution in [0.3, 0.4) is 0 Å². The van der Waals surface area contributed by atoms with E-state index >= 15 is 0 Å². The number of carbonyl (C=O) groups excluding carboxylic acids is 4. The standard InChI is InChI=1S/C53H48F10N2O12/c1-72-43-27-32(11-19-41(43)74-23-3-21-50(54,55)52(58,59)60)48(70)76-37-13-5-30(6-14-37)9-17-39(66)46(68)45(34-25-35(64)29-36(65)26-34)47(69)40(67)18-10-31-7-15-38(16-8-31)77-49(71)33-12-20-42(44(28-33)73-2)75-24-4-22-51(56,57)53(61,62)63/h5-20,25-29,45-47,68-69H,3-4,21-24,64-65H2,1-2H3/b17-9+,18-10+.